The second-order valence-electron chi connectivity index (χ2n) is 5.08. The molecule has 1 aliphatic rings. The van der Waals surface area contributed by atoms with Gasteiger partial charge in [0.2, 0.25) is 0 Å². The Kier molecular flexibility index (Phi) is 5.30. The van der Waals surface area contributed by atoms with E-state index in [-0.39, 0.29) is 5.92 Å². The first-order valence-electron chi connectivity index (χ1n) is 6.39. The summed E-state index contributed by atoms with van der Waals surface area (Å²) in [6, 6.07) is 0. The van der Waals surface area contributed by atoms with E-state index in [1.54, 1.807) is 0 Å². The summed E-state index contributed by atoms with van der Waals surface area (Å²) in [7, 11) is 0. The summed E-state index contributed by atoms with van der Waals surface area (Å²) in [5.41, 5.74) is 0. The smallest absolute Gasteiger partial charge is 0.138 e. The summed E-state index contributed by atoms with van der Waals surface area (Å²) in [6.07, 6.45) is 4.70. The van der Waals surface area contributed by atoms with Gasteiger partial charge in [-0.3, -0.25) is 4.79 Å². The molecule has 0 heterocycles. The molecule has 0 aromatic rings. The lowest BCUT2D eigenvalue weighted by molar-refractivity contribution is -0.127. The molecule has 0 aromatic heterocycles. The maximum atomic E-state index is 11.8. The molecule has 0 amide bonds. The number of rotatable bonds is 5. The molecule has 0 saturated heterocycles. The van der Waals surface area contributed by atoms with Gasteiger partial charge in [-0.15, -0.1) is 0 Å². The third kappa shape index (κ3) is 3.94. The fourth-order valence-corrected chi connectivity index (χ4v) is 2.47. The zero-order chi connectivity index (χ0) is 11.3. The van der Waals surface area contributed by atoms with E-state index in [4.69, 9.17) is 0 Å². The summed E-state index contributed by atoms with van der Waals surface area (Å²) >= 11 is 0. The van der Waals surface area contributed by atoms with E-state index in [2.05, 4.69) is 12.2 Å². The molecule has 1 N–H and O–H groups in total. The Labute approximate surface area is 93.8 Å². The Balaban J connectivity index is 2.26. The van der Waals surface area contributed by atoms with Crippen LogP contribution in [0.25, 0.3) is 0 Å². The van der Waals surface area contributed by atoms with Gasteiger partial charge in [-0.25, -0.2) is 0 Å². The number of hydrogen-bond donors (Lipinski definition) is 1. The number of hydrogen-bond acceptors (Lipinski definition) is 2. The normalized spacial score (nSPS) is 26.9. The van der Waals surface area contributed by atoms with Crippen molar-refractivity contribution in [3.05, 3.63) is 0 Å². The highest BCUT2D eigenvalue weighted by Gasteiger charge is 2.26. The molecule has 2 heteroatoms. The molecule has 1 saturated carbocycles. The predicted molar refractivity (Wildman–Crippen MR) is 63.8 cm³/mol. The highest BCUT2D eigenvalue weighted by molar-refractivity contribution is 5.82. The summed E-state index contributed by atoms with van der Waals surface area (Å²) in [4.78, 5) is 11.8. The number of ketones is 1. The Bertz CT molecular complexity index is 193. The Morgan fingerprint density at radius 3 is 2.33 bits per heavy atom. The van der Waals surface area contributed by atoms with Gasteiger partial charge in [-0.1, -0.05) is 20.8 Å². The van der Waals surface area contributed by atoms with Gasteiger partial charge in [0, 0.05) is 11.8 Å². The quantitative estimate of drug-likeness (QED) is 0.757. The molecule has 0 unspecified atom stereocenters. The topological polar surface area (TPSA) is 29.1 Å². The van der Waals surface area contributed by atoms with Gasteiger partial charge in [-0.2, -0.15) is 0 Å². The van der Waals surface area contributed by atoms with Crippen LogP contribution >= 0.6 is 0 Å². The van der Waals surface area contributed by atoms with E-state index in [0.717, 1.165) is 31.8 Å². The van der Waals surface area contributed by atoms with E-state index in [1.165, 1.54) is 12.8 Å². The highest BCUT2D eigenvalue weighted by Crippen LogP contribution is 2.30. The van der Waals surface area contributed by atoms with Crippen LogP contribution in [-0.2, 0) is 4.79 Å². The minimum Gasteiger partial charge on any atom is -0.317 e. The molecular weight excluding hydrogens is 186 g/mol. The molecule has 15 heavy (non-hydrogen) atoms. The molecule has 1 aliphatic carbocycles. The van der Waals surface area contributed by atoms with E-state index in [0.29, 0.717) is 11.7 Å². The van der Waals surface area contributed by atoms with Crippen molar-refractivity contribution in [2.45, 2.75) is 46.5 Å². The van der Waals surface area contributed by atoms with Crippen molar-refractivity contribution in [2.75, 3.05) is 13.1 Å². The summed E-state index contributed by atoms with van der Waals surface area (Å²) < 4.78 is 0. The van der Waals surface area contributed by atoms with Crippen molar-refractivity contribution in [3.8, 4) is 0 Å². The van der Waals surface area contributed by atoms with Crippen LogP contribution in [0.15, 0.2) is 0 Å². The van der Waals surface area contributed by atoms with Crippen LogP contribution in [0, 0.1) is 17.8 Å². The number of Topliss-reactive ketones (excluding diaryl/α,β-unsaturated/α-hetero) is 1. The summed E-state index contributed by atoms with van der Waals surface area (Å²) in [5, 5.41) is 3.40. The first-order valence-corrected chi connectivity index (χ1v) is 6.39. The lowest BCUT2D eigenvalue weighted by Crippen LogP contribution is -2.30. The van der Waals surface area contributed by atoms with Crippen LogP contribution in [0.3, 0.4) is 0 Å². The Morgan fingerprint density at radius 2 is 1.87 bits per heavy atom. The zero-order valence-electron chi connectivity index (χ0n) is 10.4. The van der Waals surface area contributed by atoms with Gasteiger partial charge in [0.25, 0.3) is 0 Å². The largest absolute Gasteiger partial charge is 0.317 e. The number of nitrogens with one attached hydrogen (secondary N) is 1. The van der Waals surface area contributed by atoms with Gasteiger partial charge in [0.05, 0.1) is 0 Å². The molecule has 0 radical (unpaired) electrons. The van der Waals surface area contributed by atoms with Gasteiger partial charge in [0.15, 0.2) is 0 Å². The third-order valence-electron chi connectivity index (χ3n) is 3.50. The van der Waals surface area contributed by atoms with Gasteiger partial charge in [-0.05, 0) is 44.7 Å². The number of carbonyl (C=O) groups excluding carboxylic acids is 1. The van der Waals surface area contributed by atoms with Crippen molar-refractivity contribution in [3.63, 3.8) is 0 Å². The predicted octanol–water partition coefficient (Wildman–Crippen LogP) is 2.63. The Hall–Kier alpha value is -0.370. The molecule has 0 aliphatic heterocycles. The molecule has 1 rings (SSSR count). The average Bonchev–Trinajstić information content (AvgIpc) is 2.26. The summed E-state index contributed by atoms with van der Waals surface area (Å²) in [6.45, 7) is 8.39. The minimum absolute atomic E-state index is 0.223. The lowest BCUT2D eigenvalue weighted by Gasteiger charge is -2.28. The van der Waals surface area contributed by atoms with E-state index in [1.807, 2.05) is 13.8 Å². The van der Waals surface area contributed by atoms with Crippen molar-refractivity contribution in [1.82, 2.24) is 5.32 Å². The molecular formula is C13H25NO. The van der Waals surface area contributed by atoms with Crippen molar-refractivity contribution in [1.29, 1.82) is 0 Å². The molecule has 88 valence electrons. The maximum Gasteiger partial charge on any atom is 0.138 e. The van der Waals surface area contributed by atoms with E-state index in [9.17, 15) is 4.79 Å². The first-order chi connectivity index (χ1) is 7.15. The van der Waals surface area contributed by atoms with E-state index >= 15 is 0 Å². The van der Waals surface area contributed by atoms with Gasteiger partial charge >= 0.3 is 0 Å². The molecule has 1 fully saturated rings. The molecule has 2 nitrogen and oxygen atoms in total. The second-order valence-corrected chi connectivity index (χ2v) is 5.08. The second kappa shape index (κ2) is 6.26. The fourth-order valence-electron chi connectivity index (χ4n) is 2.47. The Morgan fingerprint density at radius 1 is 1.27 bits per heavy atom. The molecule has 0 aromatic carbocycles. The van der Waals surface area contributed by atoms with Crippen molar-refractivity contribution >= 4 is 5.78 Å². The van der Waals surface area contributed by atoms with Crippen LogP contribution in [0.5, 0.6) is 0 Å². The SMILES string of the molecule is CCNCC1CCC(C(=O)C(C)C)CC1. The van der Waals surface area contributed by atoms with Crippen molar-refractivity contribution in [2.24, 2.45) is 17.8 Å². The first kappa shape index (κ1) is 12.7. The standard InChI is InChI=1S/C13H25NO/c1-4-14-9-11-5-7-12(8-6-11)13(15)10(2)3/h10-12,14H,4-9H2,1-3H3. The maximum absolute atomic E-state index is 11.8. The third-order valence-corrected chi connectivity index (χ3v) is 3.50. The van der Waals surface area contributed by atoms with Crippen molar-refractivity contribution < 1.29 is 4.79 Å². The average molecular weight is 211 g/mol. The molecule has 0 atom stereocenters. The monoisotopic (exact) mass is 211 g/mol. The van der Waals surface area contributed by atoms with Crippen LogP contribution in [0.2, 0.25) is 0 Å². The van der Waals surface area contributed by atoms with Crippen LogP contribution in [-0.4, -0.2) is 18.9 Å². The molecule has 0 spiro atoms. The zero-order valence-corrected chi connectivity index (χ0v) is 10.4. The lowest BCUT2D eigenvalue weighted by atomic mass is 9.78. The van der Waals surface area contributed by atoms with Crippen LogP contribution < -0.4 is 5.32 Å². The van der Waals surface area contributed by atoms with Crippen LogP contribution in [0.1, 0.15) is 46.5 Å². The van der Waals surface area contributed by atoms with Crippen LogP contribution in [0.4, 0.5) is 0 Å². The molecule has 0 bridgehead atoms. The highest BCUT2D eigenvalue weighted by atomic mass is 16.1. The fraction of sp³-hybridized carbons (Fsp3) is 0.923. The number of carbonyl (C=O) groups is 1. The summed E-state index contributed by atoms with van der Waals surface area (Å²) in [5.74, 6) is 1.88. The van der Waals surface area contributed by atoms with E-state index < -0.39 is 0 Å². The van der Waals surface area contributed by atoms with Gasteiger partial charge < -0.3 is 5.32 Å². The minimum atomic E-state index is 0.223. The van der Waals surface area contributed by atoms with Gasteiger partial charge in [0.1, 0.15) is 5.78 Å².